The van der Waals surface area contributed by atoms with Crippen LogP contribution in [0.4, 0.5) is 5.95 Å². The number of fused-ring (bicyclic) bond motifs is 3. The van der Waals surface area contributed by atoms with E-state index >= 15 is 0 Å². The van der Waals surface area contributed by atoms with Crippen LogP contribution in [-0.4, -0.2) is 30.6 Å². The second-order valence-electron chi connectivity index (χ2n) is 8.27. The van der Waals surface area contributed by atoms with Crippen molar-refractivity contribution >= 4 is 55.2 Å². The summed E-state index contributed by atoms with van der Waals surface area (Å²) in [5, 5.41) is 9.69. The minimum Gasteiger partial charge on any atom is -0.370 e. The summed E-state index contributed by atoms with van der Waals surface area (Å²) in [5.74, 6) is -0.0895. The first-order chi connectivity index (χ1) is 16.6. The SMILES string of the molecule is NC(=O)CCCn1cc(-c2cc(-c3cc4ccccc4s3)c3[nH]ncc3c2)c2nc(N)ncc21. The van der Waals surface area contributed by atoms with Crippen LogP contribution in [0.5, 0.6) is 0 Å². The Bertz CT molecular complexity index is 1660. The number of nitrogens with one attached hydrogen (secondary N) is 1. The molecule has 6 aromatic rings. The molecule has 0 aliphatic carbocycles. The van der Waals surface area contributed by atoms with Gasteiger partial charge in [0.1, 0.15) is 5.52 Å². The van der Waals surface area contributed by atoms with E-state index in [1.807, 2.05) is 6.20 Å². The number of carbonyl (C=O) groups excluding carboxylic acids is 1. The van der Waals surface area contributed by atoms with Gasteiger partial charge in [-0.3, -0.25) is 9.89 Å². The second-order valence-corrected chi connectivity index (χ2v) is 9.36. The predicted octanol–water partition coefficient (Wildman–Crippen LogP) is 4.70. The zero-order chi connectivity index (χ0) is 23.2. The summed E-state index contributed by atoms with van der Waals surface area (Å²) >= 11 is 1.76. The molecule has 5 N–H and O–H groups in total. The van der Waals surface area contributed by atoms with Crippen molar-refractivity contribution in [2.75, 3.05) is 5.73 Å². The number of amides is 1. The molecule has 0 saturated heterocycles. The zero-order valence-electron chi connectivity index (χ0n) is 18.2. The maximum absolute atomic E-state index is 11.2. The van der Waals surface area contributed by atoms with E-state index in [0.717, 1.165) is 43.5 Å². The highest BCUT2D eigenvalue weighted by Gasteiger charge is 2.17. The first-order valence-electron chi connectivity index (χ1n) is 10.9. The molecule has 1 amide bonds. The van der Waals surface area contributed by atoms with Crippen molar-refractivity contribution in [1.29, 1.82) is 0 Å². The van der Waals surface area contributed by atoms with Crippen molar-refractivity contribution < 1.29 is 4.79 Å². The van der Waals surface area contributed by atoms with Gasteiger partial charge in [0.05, 0.1) is 23.4 Å². The highest BCUT2D eigenvalue weighted by molar-refractivity contribution is 7.22. The molecule has 9 heteroatoms. The molecule has 0 unspecified atom stereocenters. The fraction of sp³-hybridized carbons (Fsp3) is 0.120. The summed E-state index contributed by atoms with van der Waals surface area (Å²) in [5.41, 5.74) is 17.0. The van der Waals surface area contributed by atoms with Crippen molar-refractivity contribution in [2.45, 2.75) is 19.4 Å². The van der Waals surface area contributed by atoms with Gasteiger partial charge in [0.15, 0.2) is 0 Å². The van der Waals surface area contributed by atoms with Gasteiger partial charge >= 0.3 is 0 Å². The van der Waals surface area contributed by atoms with Gasteiger partial charge in [-0.05, 0) is 41.6 Å². The van der Waals surface area contributed by atoms with E-state index < -0.39 is 0 Å². The molecule has 0 radical (unpaired) electrons. The highest BCUT2D eigenvalue weighted by Crippen LogP contribution is 2.40. The molecule has 0 aliphatic heterocycles. The standard InChI is InChI=1S/C25H21N7OS/c26-22(33)6-3-7-32-13-18(24-19(32)12-28-25(27)30-24)15-8-16-11-29-31-23(16)17(9-15)21-10-14-4-1-2-5-20(14)34-21/h1-2,4-5,8-13H,3,6-7H2,(H2,26,33)(H,29,31)(H2,27,28,30). The Morgan fingerprint density at radius 1 is 1.09 bits per heavy atom. The molecule has 0 atom stereocenters. The molecule has 0 bridgehead atoms. The number of aryl methyl sites for hydroxylation is 1. The van der Waals surface area contributed by atoms with Crippen LogP contribution in [0, 0.1) is 0 Å². The number of carbonyl (C=O) groups is 1. The van der Waals surface area contributed by atoms with E-state index in [1.165, 1.54) is 10.1 Å². The molecule has 0 spiro atoms. The number of thiophene rings is 1. The summed E-state index contributed by atoms with van der Waals surface area (Å²) in [4.78, 5) is 21.1. The summed E-state index contributed by atoms with van der Waals surface area (Å²) in [6.45, 7) is 0.629. The monoisotopic (exact) mass is 467 g/mol. The van der Waals surface area contributed by atoms with E-state index in [0.29, 0.717) is 19.4 Å². The first-order valence-corrected chi connectivity index (χ1v) is 11.7. The zero-order valence-corrected chi connectivity index (χ0v) is 19.0. The Morgan fingerprint density at radius 2 is 1.97 bits per heavy atom. The number of nitrogen functional groups attached to an aromatic ring is 1. The van der Waals surface area contributed by atoms with E-state index in [4.69, 9.17) is 11.5 Å². The number of primary amides is 1. The van der Waals surface area contributed by atoms with Crippen molar-refractivity contribution in [3.05, 3.63) is 61.1 Å². The molecular weight excluding hydrogens is 446 g/mol. The molecule has 0 aliphatic rings. The molecule has 4 heterocycles. The number of anilines is 1. The number of hydrogen-bond acceptors (Lipinski definition) is 6. The topological polar surface area (TPSA) is 128 Å². The van der Waals surface area contributed by atoms with E-state index in [9.17, 15) is 4.79 Å². The minimum absolute atomic E-state index is 0.220. The maximum Gasteiger partial charge on any atom is 0.220 e. The Kier molecular flexibility index (Phi) is 4.77. The average molecular weight is 468 g/mol. The molecular formula is C25H21N7OS. The lowest BCUT2D eigenvalue weighted by atomic mass is 10.0. The lowest BCUT2D eigenvalue weighted by Crippen LogP contribution is -2.11. The Morgan fingerprint density at radius 3 is 2.82 bits per heavy atom. The fourth-order valence-electron chi connectivity index (χ4n) is 4.43. The molecule has 4 aromatic heterocycles. The molecule has 0 saturated carbocycles. The van der Waals surface area contributed by atoms with E-state index in [-0.39, 0.29) is 11.9 Å². The number of nitrogens with two attached hydrogens (primary N) is 2. The summed E-state index contributed by atoms with van der Waals surface area (Å²) in [6, 6.07) is 14.9. The van der Waals surface area contributed by atoms with Gasteiger partial charge in [0.2, 0.25) is 11.9 Å². The molecule has 6 rings (SSSR count). The molecule has 8 nitrogen and oxygen atoms in total. The number of nitrogens with zero attached hydrogens (tertiary/aromatic N) is 4. The van der Waals surface area contributed by atoms with Gasteiger partial charge in [0, 0.05) is 45.3 Å². The first kappa shape index (κ1) is 20.4. The number of H-pyrrole nitrogens is 1. The van der Waals surface area contributed by atoms with Crippen molar-refractivity contribution in [3.8, 4) is 21.6 Å². The molecule has 34 heavy (non-hydrogen) atoms. The Labute approximate surface area is 198 Å². The number of rotatable bonds is 6. The van der Waals surface area contributed by atoms with Crippen molar-refractivity contribution in [2.24, 2.45) is 5.73 Å². The maximum atomic E-state index is 11.2. The van der Waals surface area contributed by atoms with Crippen LogP contribution in [-0.2, 0) is 11.3 Å². The smallest absolute Gasteiger partial charge is 0.220 e. The van der Waals surface area contributed by atoms with Gasteiger partial charge in [-0.1, -0.05) is 18.2 Å². The third-order valence-electron chi connectivity index (χ3n) is 6.01. The van der Waals surface area contributed by atoms with Crippen molar-refractivity contribution in [3.63, 3.8) is 0 Å². The lowest BCUT2D eigenvalue weighted by molar-refractivity contribution is -0.118. The number of benzene rings is 2. The number of aromatic amines is 1. The normalized spacial score (nSPS) is 11.6. The Hall–Kier alpha value is -4.24. The third kappa shape index (κ3) is 3.46. The predicted molar refractivity (Wildman–Crippen MR) is 136 cm³/mol. The van der Waals surface area contributed by atoms with Gasteiger partial charge in [-0.15, -0.1) is 11.3 Å². The van der Waals surface area contributed by atoms with Gasteiger partial charge in [-0.25, -0.2) is 9.97 Å². The summed E-state index contributed by atoms with van der Waals surface area (Å²) in [7, 11) is 0. The van der Waals surface area contributed by atoms with E-state index in [1.54, 1.807) is 17.5 Å². The van der Waals surface area contributed by atoms with Crippen LogP contribution in [0.1, 0.15) is 12.8 Å². The number of hydrogen-bond donors (Lipinski definition) is 3. The van der Waals surface area contributed by atoms with Crippen LogP contribution >= 0.6 is 11.3 Å². The Balaban J connectivity index is 1.53. The highest BCUT2D eigenvalue weighted by atomic mass is 32.1. The van der Waals surface area contributed by atoms with Crippen LogP contribution in [0.15, 0.2) is 61.1 Å². The van der Waals surface area contributed by atoms with Gasteiger partial charge in [-0.2, -0.15) is 5.10 Å². The quantitative estimate of drug-likeness (QED) is 0.327. The summed E-state index contributed by atoms with van der Waals surface area (Å²) in [6.07, 6.45) is 6.58. The molecule has 0 fully saturated rings. The van der Waals surface area contributed by atoms with Crippen LogP contribution in [0.2, 0.25) is 0 Å². The largest absolute Gasteiger partial charge is 0.370 e. The molecule has 2 aromatic carbocycles. The lowest BCUT2D eigenvalue weighted by Gasteiger charge is -2.06. The van der Waals surface area contributed by atoms with Crippen LogP contribution in [0.3, 0.4) is 0 Å². The molecule has 168 valence electrons. The van der Waals surface area contributed by atoms with E-state index in [2.05, 4.69) is 73.4 Å². The average Bonchev–Trinajstić information content (AvgIpc) is 3.54. The van der Waals surface area contributed by atoms with Crippen molar-refractivity contribution in [1.82, 2.24) is 24.7 Å². The minimum atomic E-state index is -0.310. The fourth-order valence-corrected chi connectivity index (χ4v) is 5.51. The van der Waals surface area contributed by atoms with Gasteiger partial charge < -0.3 is 16.0 Å². The van der Waals surface area contributed by atoms with Crippen LogP contribution < -0.4 is 11.5 Å². The number of aromatic nitrogens is 5. The second kappa shape index (κ2) is 7.96. The van der Waals surface area contributed by atoms with Crippen LogP contribution in [0.25, 0.3) is 53.6 Å². The van der Waals surface area contributed by atoms with Gasteiger partial charge in [0.25, 0.3) is 0 Å². The third-order valence-corrected chi connectivity index (χ3v) is 7.16. The summed E-state index contributed by atoms with van der Waals surface area (Å²) < 4.78 is 3.30.